The van der Waals surface area contributed by atoms with Crippen molar-refractivity contribution in [3.8, 4) is 11.8 Å². The molecule has 4 heteroatoms. The molecule has 0 unspecified atom stereocenters. The summed E-state index contributed by atoms with van der Waals surface area (Å²) in [4.78, 5) is 0.617. The molecule has 0 aliphatic heterocycles. The predicted molar refractivity (Wildman–Crippen MR) is 73.7 cm³/mol. The van der Waals surface area contributed by atoms with Crippen LogP contribution in [0.4, 0.5) is 4.39 Å². The van der Waals surface area contributed by atoms with Crippen molar-refractivity contribution in [2.24, 2.45) is 0 Å². The molecule has 0 radical (unpaired) electrons. The third-order valence-electron chi connectivity index (χ3n) is 2.62. The normalized spacial score (nSPS) is 9.95. The third kappa shape index (κ3) is 3.27. The number of rotatable bonds is 4. The predicted octanol–water partition coefficient (Wildman–Crippen LogP) is 4.00. The molecule has 2 rings (SSSR count). The van der Waals surface area contributed by atoms with E-state index in [9.17, 15) is 4.39 Å². The monoisotopic (exact) mass is 273 g/mol. The van der Waals surface area contributed by atoms with E-state index in [1.807, 2.05) is 18.2 Å². The fourth-order valence-corrected chi connectivity index (χ4v) is 2.52. The lowest BCUT2D eigenvalue weighted by atomic mass is 10.1. The molecule has 2 aromatic rings. The van der Waals surface area contributed by atoms with Gasteiger partial charge in [0.15, 0.2) is 0 Å². The topological polar surface area (TPSA) is 33.0 Å². The SMILES string of the molecule is COc1cc(CSc2ccccc2F)ccc1C#N. The summed E-state index contributed by atoms with van der Waals surface area (Å²) in [5.74, 6) is 0.963. The van der Waals surface area contributed by atoms with Crippen molar-refractivity contribution in [3.05, 3.63) is 59.4 Å². The highest BCUT2D eigenvalue weighted by Crippen LogP contribution is 2.27. The molecule has 0 N–H and O–H groups in total. The molecule has 0 saturated carbocycles. The highest BCUT2D eigenvalue weighted by molar-refractivity contribution is 7.98. The number of nitrogens with zero attached hydrogens (tertiary/aromatic N) is 1. The van der Waals surface area contributed by atoms with Crippen LogP contribution in [0.25, 0.3) is 0 Å². The zero-order chi connectivity index (χ0) is 13.7. The van der Waals surface area contributed by atoms with E-state index in [0.717, 1.165) is 5.56 Å². The van der Waals surface area contributed by atoms with Gasteiger partial charge in [-0.25, -0.2) is 4.39 Å². The summed E-state index contributed by atoms with van der Waals surface area (Å²) in [7, 11) is 1.53. The molecule has 2 nitrogen and oxygen atoms in total. The minimum absolute atomic E-state index is 0.215. The molecule has 0 bridgehead atoms. The van der Waals surface area contributed by atoms with Crippen LogP contribution in [0, 0.1) is 17.1 Å². The van der Waals surface area contributed by atoms with E-state index in [0.29, 0.717) is 22.0 Å². The van der Waals surface area contributed by atoms with Crippen molar-refractivity contribution in [3.63, 3.8) is 0 Å². The van der Waals surface area contributed by atoms with Gasteiger partial charge >= 0.3 is 0 Å². The van der Waals surface area contributed by atoms with Crippen LogP contribution < -0.4 is 4.74 Å². The van der Waals surface area contributed by atoms with Gasteiger partial charge in [-0.2, -0.15) is 5.26 Å². The van der Waals surface area contributed by atoms with Gasteiger partial charge in [0.1, 0.15) is 17.6 Å². The van der Waals surface area contributed by atoms with Gasteiger partial charge < -0.3 is 4.74 Å². The Hall–Kier alpha value is -1.99. The fourth-order valence-electron chi connectivity index (χ4n) is 1.64. The van der Waals surface area contributed by atoms with Crippen molar-refractivity contribution in [1.29, 1.82) is 5.26 Å². The zero-order valence-electron chi connectivity index (χ0n) is 10.4. The van der Waals surface area contributed by atoms with Gasteiger partial charge in [0.25, 0.3) is 0 Å². The van der Waals surface area contributed by atoms with Crippen LogP contribution in [-0.4, -0.2) is 7.11 Å². The van der Waals surface area contributed by atoms with Crippen LogP contribution >= 0.6 is 11.8 Å². The summed E-state index contributed by atoms with van der Waals surface area (Å²) in [5, 5.41) is 8.90. The molecule has 96 valence electrons. The summed E-state index contributed by atoms with van der Waals surface area (Å²) < 4.78 is 18.6. The second-order valence-corrected chi connectivity index (χ2v) is 4.88. The average molecular weight is 273 g/mol. The number of benzene rings is 2. The number of methoxy groups -OCH3 is 1. The van der Waals surface area contributed by atoms with Crippen LogP contribution in [-0.2, 0) is 5.75 Å². The Bertz CT molecular complexity index is 622. The van der Waals surface area contributed by atoms with Crippen LogP contribution in [0.3, 0.4) is 0 Å². The maximum absolute atomic E-state index is 13.5. The molecule has 0 aromatic heterocycles. The molecule has 0 saturated heterocycles. The average Bonchev–Trinajstić information content (AvgIpc) is 2.46. The van der Waals surface area contributed by atoms with Crippen LogP contribution in [0.2, 0.25) is 0 Å². The molecular formula is C15H12FNOS. The molecule has 0 aliphatic carbocycles. The van der Waals surface area contributed by atoms with Crippen LogP contribution in [0.15, 0.2) is 47.4 Å². The van der Waals surface area contributed by atoms with Crippen molar-refractivity contribution in [2.75, 3.05) is 7.11 Å². The molecule has 19 heavy (non-hydrogen) atoms. The lowest BCUT2D eigenvalue weighted by Gasteiger charge is -2.07. The van der Waals surface area contributed by atoms with E-state index in [4.69, 9.17) is 10.00 Å². The highest BCUT2D eigenvalue weighted by atomic mass is 32.2. The van der Waals surface area contributed by atoms with Crippen LogP contribution in [0.5, 0.6) is 5.75 Å². The Labute approximate surface area is 115 Å². The first-order valence-electron chi connectivity index (χ1n) is 5.69. The molecule has 0 aliphatic rings. The molecule has 0 atom stereocenters. The van der Waals surface area contributed by atoms with E-state index in [-0.39, 0.29) is 5.82 Å². The maximum atomic E-state index is 13.5. The minimum Gasteiger partial charge on any atom is -0.495 e. The fraction of sp³-hybridized carbons (Fsp3) is 0.133. The maximum Gasteiger partial charge on any atom is 0.136 e. The number of halogens is 1. The molecular weight excluding hydrogens is 261 g/mol. The van der Waals surface area contributed by atoms with Crippen molar-refractivity contribution in [2.45, 2.75) is 10.6 Å². The Balaban J connectivity index is 2.13. The molecule has 0 heterocycles. The van der Waals surface area contributed by atoms with Gasteiger partial charge in [-0.1, -0.05) is 18.2 Å². The number of ether oxygens (including phenoxy) is 1. The van der Waals surface area contributed by atoms with E-state index in [1.54, 1.807) is 18.2 Å². The first kappa shape index (κ1) is 13.4. The molecule has 0 spiro atoms. The number of thioether (sulfide) groups is 1. The van der Waals surface area contributed by atoms with Crippen molar-refractivity contribution in [1.82, 2.24) is 0 Å². The van der Waals surface area contributed by atoms with E-state index in [1.165, 1.54) is 24.9 Å². The Morgan fingerprint density at radius 1 is 1.26 bits per heavy atom. The summed E-state index contributed by atoms with van der Waals surface area (Å²) in [6.45, 7) is 0. The first-order chi connectivity index (χ1) is 9.24. The van der Waals surface area contributed by atoms with E-state index < -0.39 is 0 Å². The van der Waals surface area contributed by atoms with Crippen LogP contribution in [0.1, 0.15) is 11.1 Å². The van der Waals surface area contributed by atoms with Crippen molar-refractivity contribution < 1.29 is 9.13 Å². The van der Waals surface area contributed by atoms with Gasteiger partial charge in [0, 0.05) is 10.6 Å². The summed E-state index contributed by atoms with van der Waals surface area (Å²) in [6.07, 6.45) is 0. The largest absolute Gasteiger partial charge is 0.495 e. The standard InChI is InChI=1S/C15H12FNOS/c1-18-14-8-11(6-7-12(14)9-17)10-19-15-5-3-2-4-13(15)16/h2-8H,10H2,1H3. The van der Waals surface area contributed by atoms with Gasteiger partial charge in [-0.05, 0) is 29.8 Å². The highest BCUT2D eigenvalue weighted by Gasteiger charge is 2.06. The van der Waals surface area contributed by atoms with Gasteiger partial charge in [-0.15, -0.1) is 11.8 Å². The zero-order valence-corrected chi connectivity index (χ0v) is 11.2. The third-order valence-corrected chi connectivity index (χ3v) is 3.74. The van der Waals surface area contributed by atoms with Gasteiger partial charge in [0.2, 0.25) is 0 Å². The molecule has 2 aromatic carbocycles. The number of nitriles is 1. The number of hydrogen-bond donors (Lipinski definition) is 0. The molecule has 0 fully saturated rings. The second-order valence-electron chi connectivity index (χ2n) is 3.87. The second kappa shape index (κ2) is 6.26. The lowest BCUT2D eigenvalue weighted by Crippen LogP contribution is -1.90. The Kier molecular flexibility index (Phi) is 4.43. The summed E-state index contributed by atoms with van der Waals surface area (Å²) >= 11 is 1.42. The molecule has 0 amide bonds. The van der Waals surface area contributed by atoms with E-state index >= 15 is 0 Å². The number of hydrogen-bond acceptors (Lipinski definition) is 3. The van der Waals surface area contributed by atoms with E-state index in [2.05, 4.69) is 6.07 Å². The smallest absolute Gasteiger partial charge is 0.136 e. The first-order valence-corrected chi connectivity index (χ1v) is 6.67. The minimum atomic E-state index is -0.215. The summed E-state index contributed by atoms with van der Waals surface area (Å²) in [5.41, 5.74) is 1.49. The van der Waals surface area contributed by atoms with Crippen molar-refractivity contribution >= 4 is 11.8 Å². The van der Waals surface area contributed by atoms with Gasteiger partial charge in [0.05, 0.1) is 12.7 Å². The van der Waals surface area contributed by atoms with Gasteiger partial charge in [-0.3, -0.25) is 0 Å². The Morgan fingerprint density at radius 2 is 2.05 bits per heavy atom. The Morgan fingerprint density at radius 3 is 2.74 bits per heavy atom. The summed E-state index contributed by atoms with van der Waals surface area (Å²) in [6, 6.07) is 14.1. The lowest BCUT2D eigenvalue weighted by molar-refractivity contribution is 0.413. The quantitative estimate of drug-likeness (QED) is 0.789.